The average molecular weight is 452 g/mol. The van der Waals surface area contributed by atoms with Crippen molar-refractivity contribution >= 4 is 22.7 Å². The normalized spacial score (nSPS) is 18.4. The fourth-order valence-corrected chi connectivity index (χ4v) is 4.86. The van der Waals surface area contributed by atoms with Gasteiger partial charge < -0.3 is 24.1 Å². The summed E-state index contributed by atoms with van der Waals surface area (Å²) in [6.07, 6.45) is 2.86. The molecule has 7 nitrogen and oxygen atoms in total. The number of ether oxygens (including phenoxy) is 1. The Morgan fingerprint density at radius 1 is 1.28 bits per heavy atom. The minimum atomic E-state index is -0.672. The van der Waals surface area contributed by atoms with Crippen LogP contribution in [0.3, 0.4) is 0 Å². The number of nitrogens with zero attached hydrogens (tertiary/aromatic N) is 2. The van der Waals surface area contributed by atoms with Crippen molar-refractivity contribution in [1.82, 2.24) is 15.5 Å². The van der Waals surface area contributed by atoms with Crippen molar-refractivity contribution in [3.05, 3.63) is 63.8 Å². The summed E-state index contributed by atoms with van der Waals surface area (Å²) in [6.45, 7) is 3.54. The Labute approximate surface area is 189 Å². The maximum absolute atomic E-state index is 10.2. The van der Waals surface area contributed by atoms with Crippen LogP contribution in [0.15, 0.2) is 39.4 Å². The molecule has 0 saturated carbocycles. The first-order chi connectivity index (χ1) is 15.6. The molecule has 6 rings (SSSR count). The van der Waals surface area contributed by atoms with Crippen LogP contribution in [0, 0.1) is 0 Å². The van der Waals surface area contributed by atoms with Gasteiger partial charge in [-0.1, -0.05) is 23.7 Å². The number of aromatic nitrogens is 2. The van der Waals surface area contributed by atoms with Crippen LogP contribution in [0.1, 0.15) is 53.9 Å². The van der Waals surface area contributed by atoms with Gasteiger partial charge in [-0.25, -0.2) is 0 Å². The molecule has 32 heavy (non-hydrogen) atoms. The summed E-state index contributed by atoms with van der Waals surface area (Å²) >= 11 is 6.51. The predicted octanol–water partition coefficient (Wildman–Crippen LogP) is 4.90. The Kier molecular flexibility index (Phi) is 4.71. The molecule has 4 aromatic rings. The highest BCUT2D eigenvalue weighted by Crippen LogP contribution is 2.47. The highest BCUT2D eigenvalue weighted by molar-refractivity contribution is 6.31. The molecule has 3 aromatic heterocycles. The SMILES string of the molecule is CCC(O)c1cc2nccc(-c3cc(Cl)cc4c3OC(c3onc5c3CNCC5)C4)c2o1. The summed E-state index contributed by atoms with van der Waals surface area (Å²) in [5, 5.41) is 18.5. The highest BCUT2D eigenvalue weighted by atomic mass is 35.5. The zero-order valence-corrected chi connectivity index (χ0v) is 18.3. The van der Waals surface area contributed by atoms with Crippen molar-refractivity contribution in [2.24, 2.45) is 0 Å². The summed E-state index contributed by atoms with van der Waals surface area (Å²) < 4.78 is 18.2. The van der Waals surface area contributed by atoms with Crippen LogP contribution in [0.5, 0.6) is 5.75 Å². The number of aliphatic hydroxyl groups is 1. The summed E-state index contributed by atoms with van der Waals surface area (Å²) in [6, 6.07) is 7.49. The van der Waals surface area contributed by atoms with Crippen LogP contribution in [0.4, 0.5) is 0 Å². The van der Waals surface area contributed by atoms with Gasteiger partial charge in [-0.3, -0.25) is 4.98 Å². The van der Waals surface area contributed by atoms with Gasteiger partial charge in [0.2, 0.25) is 0 Å². The lowest BCUT2D eigenvalue weighted by atomic mass is 9.99. The van der Waals surface area contributed by atoms with E-state index < -0.39 is 6.10 Å². The second-order valence-corrected chi connectivity index (χ2v) is 8.73. The number of nitrogens with one attached hydrogen (secondary N) is 1. The van der Waals surface area contributed by atoms with E-state index in [4.69, 9.17) is 25.3 Å². The Morgan fingerprint density at radius 2 is 2.19 bits per heavy atom. The van der Waals surface area contributed by atoms with Gasteiger partial charge in [0, 0.05) is 65.5 Å². The monoisotopic (exact) mass is 451 g/mol. The number of pyridine rings is 1. The first kappa shape index (κ1) is 19.8. The van der Waals surface area contributed by atoms with E-state index in [1.807, 2.05) is 25.1 Å². The molecule has 2 N–H and O–H groups in total. The minimum absolute atomic E-state index is 0.259. The lowest BCUT2D eigenvalue weighted by Gasteiger charge is -2.15. The predicted molar refractivity (Wildman–Crippen MR) is 119 cm³/mol. The fraction of sp³-hybridized carbons (Fsp3) is 0.333. The van der Waals surface area contributed by atoms with Gasteiger partial charge in [0.05, 0.1) is 5.69 Å². The molecule has 0 radical (unpaired) electrons. The number of rotatable bonds is 4. The number of hydrogen-bond donors (Lipinski definition) is 2. The van der Waals surface area contributed by atoms with E-state index in [2.05, 4.69) is 15.5 Å². The van der Waals surface area contributed by atoms with Gasteiger partial charge in [-0.2, -0.15) is 0 Å². The van der Waals surface area contributed by atoms with E-state index >= 15 is 0 Å². The van der Waals surface area contributed by atoms with E-state index in [-0.39, 0.29) is 6.10 Å². The Balaban J connectivity index is 1.44. The number of fused-ring (bicyclic) bond motifs is 3. The number of hydrogen-bond acceptors (Lipinski definition) is 7. The highest BCUT2D eigenvalue weighted by Gasteiger charge is 2.34. The van der Waals surface area contributed by atoms with Gasteiger partial charge in [-0.15, -0.1) is 0 Å². The van der Waals surface area contributed by atoms with E-state index in [0.29, 0.717) is 34.7 Å². The van der Waals surface area contributed by atoms with Gasteiger partial charge in [0.1, 0.15) is 23.1 Å². The number of furan rings is 1. The van der Waals surface area contributed by atoms with Gasteiger partial charge in [-0.05, 0) is 24.6 Å². The zero-order valence-electron chi connectivity index (χ0n) is 17.5. The standard InChI is InChI=1S/C24H22ClN3O4/c1-2-19(29)20-10-18-23(30-20)14(3-6-27-18)15-9-13(25)7-12-8-21(31-22(12)15)24-16-11-26-5-4-17(16)28-32-24/h3,6-7,9-10,19,21,26,29H,2,4-5,8,11H2,1H3. The second kappa shape index (κ2) is 7.62. The van der Waals surface area contributed by atoms with E-state index in [1.54, 1.807) is 12.3 Å². The van der Waals surface area contributed by atoms with Crippen LogP contribution in [0.2, 0.25) is 5.02 Å². The minimum Gasteiger partial charge on any atom is -0.481 e. The van der Waals surface area contributed by atoms with E-state index in [1.165, 1.54) is 0 Å². The number of halogens is 1. The molecular formula is C24H22ClN3O4. The Bertz CT molecular complexity index is 1330. The Morgan fingerprint density at radius 3 is 3.06 bits per heavy atom. The first-order valence-electron chi connectivity index (χ1n) is 10.9. The van der Waals surface area contributed by atoms with E-state index in [0.717, 1.165) is 59.0 Å². The van der Waals surface area contributed by atoms with Crippen molar-refractivity contribution in [3.8, 4) is 16.9 Å². The topological polar surface area (TPSA) is 93.6 Å². The van der Waals surface area contributed by atoms with Crippen molar-refractivity contribution < 1.29 is 18.8 Å². The first-order valence-corrected chi connectivity index (χ1v) is 11.2. The van der Waals surface area contributed by atoms with Gasteiger partial charge in [0.25, 0.3) is 0 Å². The third-order valence-corrected chi connectivity index (χ3v) is 6.48. The molecule has 2 aliphatic heterocycles. The van der Waals surface area contributed by atoms with Crippen LogP contribution < -0.4 is 10.1 Å². The summed E-state index contributed by atoms with van der Waals surface area (Å²) in [5.74, 6) is 2.03. The fourth-order valence-electron chi connectivity index (χ4n) is 4.62. The molecule has 0 fully saturated rings. The smallest absolute Gasteiger partial charge is 0.182 e. The summed E-state index contributed by atoms with van der Waals surface area (Å²) in [5.41, 5.74) is 6.06. The quantitative estimate of drug-likeness (QED) is 0.455. The van der Waals surface area contributed by atoms with Crippen LogP contribution in [-0.4, -0.2) is 21.8 Å². The van der Waals surface area contributed by atoms with Crippen LogP contribution >= 0.6 is 11.6 Å². The van der Waals surface area contributed by atoms with Crippen LogP contribution in [-0.2, 0) is 19.4 Å². The maximum atomic E-state index is 10.2. The average Bonchev–Trinajstić information content (AvgIpc) is 3.53. The van der Waals surface area contributed by atoms with Gasteiger partial charge in [0.15, 0.2) is 17.4 Å². The van der Waals surface area contributed by atoms with E-state index in [9.17, 15) is 5.11 Å². The molecule has 5 heterocycles. The maximum Gasteiger partial charge on any atom is 0.182 e. The molecule has 0 bridgehead atoms. The molecule has 0 amide bonds. The third kappa shape index (κ3) is 3.11. The molecule has 0 spiro atoms. The van der Waals surface area contributed by atoms with Gasteiger partial charge >= 0.3 is 0 Å². The third-order valence-electron chi connectivity index (χ3n) is 6.27. The Hall–Kier alpha value is -2.87. The molecule has 8 heteroatoms. The molecule has 2 aliphatic rings. The molecule has 0 saturated heterocycles. The number of benzene rings is 1. The molecule has 1 aromatic carbocycles. The number of aliphatic hydroxyl groups excluding tert-OH is 1. The van der Waals surface area contributed by atoms with Crippen molar-refractivity contribution in [1.29, 1.82) is 0 Å². The van der Waals surface area contributed by atoms with Crippen molar-refractivity contribution in [2.45, 2.75) is 44.9 Å². The lowest BCUT2D eigenvalue weighted by molar-refractivity contribution is 0.148. The zero-order chi connectivity index (χ0) is 21.8. The molecule has 2 unspecified atom stereocenters. The molecular weight excluding hydrogens is 430 g/mol. The summed E-state index contributed by atoms with van der Waals surface area (Å²) in [7, 11) is 0. The molecule has 164 valence electrons. The van der Waals surface area contributed by atoms with Crippen LogP contribution in [0.25, 0.3) is 22.2 Å². The molecule has 2 atom stereocenters. The summed E-state index contributed by atoms with van der Waals surface area (Å²) in [4.78, 5) is 4.42. The lowest BCUT2D eigenvalue weighted by Crippen LogP contribution is -2.24. The molecule has 0 aliphatic carbocycles. The largest absolute Gasteiger partial charge is 0.481 e. The van der Waals surface area contributed by atoms with Crippen molar-refractivity contribution in [2.75, 3.05) is 6.54 Å². The van der Waals surface area contributed by atoms with Crippen molar-refractivity contribution in [3.63, 3.8) is 0 Å². The second-order valence-electron chi connectivity index (χ2n) is 8.30.